The van der Waals surface area contributed by atoms with Crippen molar-refractivity contribution in [2.24, 2.45) is 5.41 Å². The summed E-state index contributed by atoms with van der Waals surface area (Å²) in [7, 11) is 0. The average Bonchev–Trinajstić information content (AvgIpc) is 2.49. The van der Waals surface area contributed by atoms with Crippen LogP contribution in [0.5, 0.6) is 0 Å². The Bertz CT molecular complexity index is 372. The van der Waals surface area contributed by atoms with Gasteiger partial charge in [0.2, 0.25) is 0 Å². The standard InChI is InChI=1S/C14H27N3/c1-8-17-12(4)13(11(3)16-17)10(2)15-9-14(5,6)7/h10,15H,8-9H2,1-7H3. The molecule has 0 fully saturated rings. The summed E-state index contributed by atoms with van der Waals surface area (Å²) in [6.45, 7) is 17.3. The molecule has 0 radical (unpaired) electrons. The van der Waals surface area contributed by atoms with Crippen molar-refractivity contribution in [3.05, 3.63) is 17.0 Å². The summed E-state index contributed by atoms with van der Waals surface area (Å²) >= 11 is 0. The van der Waals surface area contributed by atoms with E-state index in [0.29, 0.717) is 11.5 Å². The predicted octanol–water partition coefficient (Wildman–Crippen LogP) is 3.22. The number of nitrogens with one attached hydrogen (secondary N) is 1. The SMILES string of the molecule is CCn1nc(C)c(C(C)NCC(C)(C)C)c1C. The van der Waals surface area contributed by atoms with Gasteiger partial charge in [-0.1, -0.05) is 20.8 Å². The smallest absolute Gasteiger partial charge is 0.0644 e. The van der Waals surface area contributed by atoms with Crippen molar-refractivity contribution in [3.63, 3.8) is 0 Å². The van der Waals surface area contributed by atoms with Crippen LogP contribution in [-0.4, -0.2) is 16.3 Å². The van der Waals surface area contributed by atoms with E-state index in [1.165, 1.54) is 11.3 Å². The van der Waals surface area contributed by atoms with Gasteiger partial charge in [0.05, 0.1) is 5.69 Å². The first-order chi connectivity index (χ1) is 7.76. The maximum Gasteiger partial charge on any atom is 0.0644 e. The third-order valence-corrected chi connectivity index (χ3v) is 3.11. The molecule has 1 atom stereocenters. The van der Waals surface area contributed by atoms with Crippen molar-refractivity contribution in [3.8, 4) is 0 Å². The maximum atomic E-state index is 4.57. The first-order valence-corrected chi connectivity index (χ1v) is 6.53. The van der Waals surface area contributed by atoms with Gasteiger partial charge in [-0.25, -0.2) is 0 Å². The van der Waals surface area contributed by atoms with Crippen LogP contribution in [0, 0.1) is 19.3 Å². The molecule has 1 unspecified atom stereocenters. The molecule has 1 rings (SSSR count). The fourth-order valence-corrected chi connectivity index (χ4v) is 2.21. The van der Waals surface area contributed by atoms with Gasteiger partial charge in [-0.3, -0.25) is 4.68 Å². The van der Waals surface area contributed by atoms with Gasteiger partial charge < -0.3 is 5.32 Å². The van der Waals surface area contributed by atoms with Crippen LogP contribution < -0.4 is 5.32 Å². The van der Waals surface area contributed by atoms with Gasteiger partial charge in [0, 0.05) is 30.4 Å². The topological polar surface area (TPSA) is 29.9 Å². The highest BCUT2D eigenvalue weighted by Crippen LogP contribution is 2.22. The van der Waals surface area contributed by atoms with Gasteiger partial charge in [-0.15, -0.1) is 0 Å². The van der Waals surface area contributed by atoms with Gasteiger partial charge in [0.25, 0.3) is 0 Å². The van der Waals surface area contributed by atoms with Crippen LogP contribution in [0.15, 0.2) is 0 Å². The average molecular weight is 237 g/mol. The minimum Gasteiger partial charge on any atom is -0.310 e. The molecule has 3 nitrogen and oxygen atoms in total. The monoisotopic (exact) mass is 237 g/mol. The molecule has 98 valence electrons. The molecule has 1 heterocycles. The quantitative estimate of drug-likeness (QED) is 0.871. The van der Waals surface area contributed by atoms with Gasteiger partial charge in [0.1, 0.15) is 0 Å². The van der Waals surface area contributed by atoms with E-state index in [2.05, 4.69) is 63.6 Å². The fourth-order valence-electron chi connectivity index (χ4n) is 2.21. The van der Waals surface area contributed by atoms with Crippen molar-refractivity contribution in [1.29, 1.82) is 0 Å². The lowest BCUT2D eigenvalue weighted by Gasteiger charge is -2.23. The highest BCUT2D eigenvalue weighted by molar-refractivity contribution is 5.27. The first-order valence-electron chi connectivity index (χ1n) is 6.53. The van der Waals surface area contributed by atoms with E-state index in [-0.39, 0.29) is 0 Å². The molecular formula is C14H27N3. The number of hydrogen-bond donors (Lipinski definition) is 1. The Kier molecular flexibility index (Phi) is 4.36. The maximum absolute atomic E-state index is 4.57. The number of aromatic nitrogens is 2. The van der Waals surface area contributed by atoms with E-state index in [9.17, 15) is 0 Å². The summed E-state index contributed by atoms with van der Waals surface area (Å²) < 4.78 is 2.08. The molecule has 1 N–H and O–H groups in total. The zero-order valence-corrected chi connectivity index (χ0v) is 12.4. The number of rotatable bonds is 4. The lowest BCUT2D eigenvalue weighted by Crippen LogP contribution is -2.29. The Morgan fingerprint density at radius 2 is 1.88 bits per heavy atom. The number of nitrogens with zero attached hydrogens (tertiary/aromatic N) is 2. The number of aryl methyl sites for hydroxylation is 2. The summed E-state index contributed by atoms with van der Waals surface area (Å²) in [6.07, 6.45) is 0. The van der Waals surface area contributed by atoms with Crippen LogP contribution in [0.1, 0.15) is 57.6 Å². The molecule has 17 heavy (non-hydrogen) atoms. The van der Waals surface area contributed by atoms with Crippen molar-refractivity contribution in [1.82, 2.24) is 15.1 Å². The van der Waals surface area contributed by atoms with E-state index in [1.807, 2.05) is 0 Å². The van der Waals surface area contributed by atoms with Crippen LogP contribution in [0.2, 0.25) is 0 Å². The zero-order valence-electron chi connectivity index (χ0n) is 12.4. The molecule has 0 aliphatic heterocycles. The summed E-state index contributed by atoms with van der Waals surface area (Å²) in [6, 6.07) is 0.370. The van der Waals surface area contributed by atoms with Crippen molar-refractivity contribution in [2.45, 2.75) is 61.1 Å². The first kappa shape index (κ1) is 14.2. The minimum absolute atomic E-state index is 0.316. The molecule has 0 saturated carbocycles. The van der Waals surface area contributed by atoms with Crippen molar-refractivity contribution >= 4 is 0 Å². The van der Waals surface area contributed by atoms with E-state index < -0.39 is 0 Å². The van der Waals surface area contributed by atoms with Gasteiger partial charge in [-0.2, -0.15) is 5.10 Å². The molecular weight excluding hydrogens is 210 g/mol. The van der Waals surface area contributed by atoms with Gasteiger partial charge >= 0.3 is 0 Å². The molecule has 0 aliphatic carbocycles. The predicted molar refractivity (Wildman–Crippen MR) is 73.2 cm³/mol. The molecule has 0 saturated heterocycles. The normalized spacial score (nSPS) is 14.1. The Hall–Kier alpha value is -0.830. The van der Waals surface area contributed by atoms with Crippen LogP contribution in [0.4, 0.5) is 0 Å². The Balaban J connectivity index is 2.82. The summed E-state index contributed by atoms with van der Waals surface area (Å²) in [5.74, 6) is 0. The zero-order chi connectivity index (χ0) is 13.2. The van der Waals surface area contributed by atoms with Crippen molar-refractivity contribution in [2.75, 3.05) is 6.54 Å². The van der Waals surface area contributed by atoms with Crippen LogP contribution in [0.3, 0.4) is 0 Å². The lowest BCUT2D eigenvalue weighted by molar-refractivity contribution is 0.359. The molecule has 0 spiro atoms. The minimum atomic E-state index is 0.316. The van der Waals surface area contributed by atoms with Crippen LogP contribution >= 0.6 is 0 Å². The Morgan fingerprint density at radius 3 is 2.29 bits per heavy atom. The molecule has 0 aliphatic rings. The van der Waals surface area contributed by atoms with Crippen LogP contribution in [-0.2, 0) is 6.54 Å². The van der Waals surface area contributed by atoms with Crippen molar-refractivity contribution < 1.29 is 0 Å². The van der Waals surface area contributed by atoms with Crippen LogP contribution in [0.25, 0.3) is 0 Å². The fraction of sp³-hybridized carbons (Fsp3) is 0.786. The van der Waals surface area contributed by atoms with E-state index in [4.69, 9.17) is 0 Å². The Labute approximate surface area is 106 Å². The molecule has 1 aromatic heterocycles. The van der Waals surface area contributed by atoms with E-state index in [1.54, 1.807) is 0 Å². The molecule has 1 aromatic rings. The largest absolute Gasteiger partial charge is 0.310 e. The third-order valence-electron chi connectivity index (χ3n) is 3.11. The molecule has 0 bridgehead atoms. The summed E-state index contributed by atoms with van der Waals surface area (Å²) in [5, 5.41) is 8.18. The Morgan fingerprint density at radius 1 is 1.29 bits per heavy atom. The second kappa shape index (κ2) is 5.21. The summed E-state index contributed by atoms with van der Waals surface area (Å²) in [4.78, 5) is 0. The van der Waals surface area contributed by atoms with E-state index >= 15 is 0 Å². The lowest BCUT2D eigenvalue weighted by atomic mass is 9.96. The second-order valence-corrected chi connectivity index (χ2v) is 6.06. The summed E-state index contributed by atoms with van der Waals surface area (Å²) in [5.41, 5.74) is 4.12. The van der Waals surface area contributed by atoms with Gasteiger partial charge in [-0.05, 0) is 33.1 Å². The molecule has 0 aromatic carbocycles. The number of hydrogen-bond acceptors (Lipinski definition) is 2. The van der Waals surface area contributed by atoms with E-state index in [0.717, 1.165) is 18.8 Å². The highest BCUT2D eigenvalue weighted by atomic mass is 15.3. The highest BCUT2D eigenvalue weighted by Gasteiger charge is 2.18. The molecule has 3 heteroatoms. The second-order valence-electron chi connectivity index (χ2n) is 6.06. The molecule has 0 amide bonds. The third kappa shape index (κ3) is 3.56. The van der Waals surface area contributed by atoms with Gasteiger partial charge in [0.15, 0.2) is 0 Å².